The molecule has 1 aliphatic rings. The number of anilines is 2. The fraction of sp³-hybridized carbons (Fsp3) is 0. The highest BCUT2D eigenvalue weighted by atomic mass is 15.9. The number of hydrogen-bond acceptors (Lipinski definition) is 3. The first kappa shape index (κ1) is 7.90. The number of para-hydroxylation sites is 2. The third-order valence-electron chi connectivity index (χ3n) is 1.87. The zero-order chi connectivity index (χ0) is 9.26. The summed E-state index contributed by atoms with van der Waals surface area (Å²) in [7, 11) is 0. The zero-order valence-corrected chi connectivity index (χ0v) is 7.01. The van der Waals surface area contributed by atoms with Crippen LogP contribution < -0.4 is 21.8 Å². The predicted octanol–water partition coefficient (Wildman–Crippen LogP) is -0.478. The molecule has 2 rings (SSSR count). The summed E-state index contributed by atoms with van der Waals surface area (Å²) in [5.41, 5.74) is 11.2. The van der Waals surface area contributed by atoms with E-state index in [1.807, 2.05) is 24.3 Å². The fourth-order valence-corrected chi connectivity index (χ4v) is 1.23. The van der Waals surface area contributed by atoms with Gasteiger partial charge in [0, 0.05) is 6.20 Å². The van der Waals surface area contributed by atoms with Crippen molar-refractivity contribution in [1.29, 1.82) is 0 Å². The number of quaternary nitrogens is 1. The predicted molar refractivity (Wildman–Crippen MR) is 51.0 cm³/mol. The summed E-state index contributed by atoms with van der Waals surface area (Å²) in [5.74, 6) is 5.64. The first-order valence-corrected chi connectivity index (χ1v) is 3.93. The molecule has 13 heavy (non-hydrogen) atoms. The first-order valence-electron chi connectivity index (χ1n) is 3.93. The number of benzene rings is 1. The van der Waals surface area contributed by atoms with Crippen molar-refractivity contribution < 1.29 is 5.23 Å². The largest absolute Gasteiger partial charge is 0.447 e. The molecule has 5 N–H and O–H groups in total. The van der Waals surface area contributed by atoms with Crippen molar-refractivity contribution in [2.24, 2.45) is 5.84 Å². The molecule has 0 fully saturated rings. The normalized spacial score (nSPS) is 20.4. The number of hydrogen-bond donors (Lipinski definition) is 3. The summed E-state index contributed by atoms with van der Waals surface area (Å²) < 4.78 is 0. The molecule has 0 radical (unpaired) electrons. The van der Waals surface area contributed by atoms with Crippen LogP contribution in [0.3, 0.4) is 0 Å². The minimum absolute atomic E-state index is 0.443. The standard InChI is InChI=1S/C8H11N5/c9-7-3-1-2-4-8(7)12-6-5-11-13(12)10/h1-6,13H,9-10H2. The Morgan fingerprint density at radius 3 is 2.69 bits per heavy atom. The SMILES string of the molecule is Nc1ccccc1N1C=C[N-][NH+]1N. The van der Waals surface area contributed by atoms with Crippen LogP contribution in [-0.2, 0) is 0 Å². The molecule has 0 aromatic heterocycles. The lowest BCUT2D eigenvalue weighted by atomic mass is 10.3. The van der Waals surface area contributed by atoms with Gasteiger partial charge < -0.3 is 11.2 Å². The Morgan fingerprint density at radius 1 is 1.31 bits per heavy atom. The van der Waals surface area contributed by atoms with E-state index < -0.39 is 0 Å². The highest BCUT2D eigenvalue weighted by molar-refractivity contribution is 5.67. The van der Waals surface area contributed by atoms with Crippen molar-refractivity contribution in [1.82, 2.24) is 0 Å². The van der Waals surface area contributed by atoms with Gasteiger partial charge in [-0.25, -0.2) is 0 Å². The number of rotatable bonds is 1. The van der Waals surface area contributed by atoms with Crippen LogP contribution in [0.5, 0.6) is 0 Å². The van der Waals surface area contributed by atoms with Crippen LogP contribution in [0.4, 0.5) is 11.4 Å². The Hall–Kier alpha value is -1.72. The third kappa shape index (κ3) is 1.30. The van der Waals surface area contributed by atoms with Gasteiger partial charge in [-0.1, -0.05) is 12.1 Å². The second-order valence-electron chi connectivity index (χ2n) is 2.71. The van der Waals surface area contributed by atoms with Gasteiger partial charge in [0.15, 0.2) is 0 Å². The van der Waals surface area contributed by atoms with Crippen molar-refractivity contribution in [3.63, 3.8) is 0 Å². The molecule has 0 saturated carbocycles. The van der Waals surface area contributed by atoms with Crippen LogP contribution in [0, 0.1) is 0 Å². The second-order valence-corrected chi connectivity index (χ2v) is 2.71. The van der Waals surface area contributed by atoms with E-state index >= 15 is 0 Å². The number of nitrogens with zero attached hydrogens (tertiary/aromatic N) is 2. The quantitative estimate of drug-likeness (QED) is 0.401. The maximum Gasteiger partial charge on any atom is 0.118 e. The third-order valence-corrected chi connectivity index (χ3v) is 1.87. The number of nitrogen functional groups attached to an aromatic ring is 1. The molecule has 1 atom stereocenters. The average Bonchev–Trinajstić information content (AvgIpc) is 2.52. The molecule has 1 unspecified atom stereocenters. The summed E-state index contributed by atoms with van der Waals surface area (Å²) in [6.45, 7) is 0. The molecule has 1 heterocycles. The van der Waals surface area contributed by atoms with Gasteiger partial charge >= 0.3 is 0 Å². The van der Waals surface area contributed by atoms with Crippen molar-refractivity contribution in [2.75, 3.05) is 10.7 Å². The molecule has 0 aliphatic carbocycles. The van der Waals surface area contributed by atoms with E-state index in [9.17, 15) is 0 Å². The van der Waals surface area contributed by atoms with E-state index in [1.165, 1.54) is 0 Å². The van der Waals surface area contributed by atoms with E-state index in [2.05, 4.69) is 5.43 Å². The van der Waals surface area contributed by atoms with Gasteiger partial charge in [-0.05, 0) is 12.1 Å². The topological polar surface area (TPSA) is 73.8 Å². The van der Waals surface area contributed by atoms with Crippen LogP contribution in [0.1, 0.15) is 0 Å². The molecular weight excluding hydrogens is 166 g/mol. The Morgan fingerprint density at radius 2 is 2.08 bits per heavy atom. The maximum atomic E-state index is 5.78. The molecule has 0 bridgehead atoms. The van der Waals surface area contributed by atoms with Crippen molar-refractivity contribution in [2.45, 2.75) is 0 Å². The van der Waals surface area contributed by atoms with Crippen molar-refractivity contribution in [3.8, 4) is 0 Å². The summed E-state index contributed by atoms with van der Waals surface area (Å²) in [6, 6.07) is 7.51. The molecule has 1 aromatic carbocycles. The molecule has 5 heteroatoms. The molecule has 0 spiro atoms. The van der Waals surface area contributed by atoms with Crippen LogP contribution in [0.15, 0.2) is 36.7 Å². The van der Waals surface area contributed by atoms with Crippen molar-refractivity contribution in [3.05, 3.63) is 42.1 Å². The number of nitrogens with two attached hydrogens (primary N) is 2. The lowest BCUT2D eigenvalue weighted by Gasteiger charge is -2.27. The lowest BCUT2D eigenvalue weighted by Crippen LogP contribution is -3.18. The second kappa shape index (κ2) is 2.96. The number of nitrogens with one attached hydrogen (secondary N) is 1. The zero-order valence-electron chi connectivity index (χ0n) is 7.01. The van der Waals surface area contributed by atoms with E-state index in [4.69, 9.17) is 11.6 Å². The Balaban J connectivity index is 2.35. The minimum Gasteiger partial charge on any atom is -0.447 e. The average molecular weight is 177 g/mol. The van der Waals surface area contributed by atoms with Gasteiger partial charge in [-0.3, -0.25) is 0 Å². The lowest BCUT2D eigenvalue weighted by molar-refractivity contribution is -0.872. The summed E-state index contributed by atoms with van der Waals surface area (Å²) in [4.78, 5) is 0. The first-order chi connectivity index (χ1) is 6.29. The maximum absolute atomic E-state index is 5.78. The van der Waals surface area contributed by atoms with Crippen molar-refractivity contribution >= 4 is 11.4 Å². The molecule has 0 saturated heterocycles. The Kier molecular flexibility index (Phi) is 1.80. The summed E-state index contributed by atoms with van der Waals surface area (Å²) in [5, 5.41) is 2.19. The van der Waals surface area contributed by atoms with E-state index in [0.717, 1.165) is 5.69 Å². The smallest absolute Gasteiger partial charge is 0.118 e. The van der Waals surface area contributed by atoms with Gasteiger partial charge in [0.2, 0.25) is 0 Å². The fourth-order valence-electron chi connectivity index (χ4n) is 1.23. The van der Waals surface area contributed by atoms with E-state index in [0.29, 0.717) is 10.9 Å². The highest BCUT2D eigenvalue weighted by Gasteiger charge is 2.13. The molecule has 1 aliphatic heterocycles. The summed E-state index contributed by atoms with van der Waals surface area (Å²) >= 11 is 0. The van der Waals surface area contributed by atoms with Gasteiger partial charge in [-0.15, -0.1) is 6.20 Å². The van der Waals surface area contributed by atoms with Gasteiger partial charge in [0.25, 0.3) is 0 Å². The van der Waals surface area contributed by atoms with E-state index in [1.54, 1.807) is 17.4 Å². The van der Waals surface area contributed by atoms with Crippen LogP contribution in [-0.4, -0.2) is 0 Å². The minimum atomic E-state index is 0.443. The van der Waals surface area contributed by atoms with Gasteiger partial charge in [0.05, 0.1) is 5.69 Å². The highest BCUT2D eigenvalue weighted by Crippen LogP contribution is 2.20. The van der Waals surface area contributed by atoms with Crippen LogP contribution in [0.25, 0.3) is 5.43 Å². The molecule has 0 amide bonds. The van der Waals surface area contributed by atoms with Gasteiger partial charge in [0.1, 0.15) is 5.69 Å². The van der Waals surface area contributed by atoms with Crippen LogP contribution >= 0.6 is 0 Å². The van der Waals surface area contributed by atoms with Gasteiger partial charge in [-0.2, -0.15) is 16.1 Å². The molecular formula is C8H11N5. The summed E-state index contributed by atoms with van der Waals surface area (Å²) in [6.07, 6.45) is 3.42. The van der Waals surface area contributed by atoms with E-state index in [-0.39, 0.29) is 0 Å². The Bertz CT molecular complexity index is 335. The van der Waals surface area contributed by atoms with Crippen LogP contribution in [0.2, 0.25) is 0 Å². The monoisotopic (exact) mass is 177 g/mol. The molecule has 5 nitrogen and oxygen atoms in total. The molecule has 68 valence electrons. The molecule has 1 aromatic rings. The Labute approximate surface area is 76.1 Å².